The number of anilines is 1. The molecule has 19 heavy (non-hydrogen) atoms. The van der Waals surface area contributed by atoms with Crippen LogP contribution in [0.3, 0.4) is 0 Å². The zero-order valence-corrected chi connectivity index (χ0v) is 10.5. The second-order valence-corrected chi connectivity index (χ2v) is 4.44. The molecule has 0 radical (unpaired) electrons. The molecule has 6 nitrogen and oxygen atoms in total. The standard InChI is InChI=1S/C12H15FN2O4/c1-18-12(5-6-19-8-12)7-14-10-4-2-3-9(13)11(10)15(16)17/h2-4,14H,5-8H2,1H3. The summed E-state index contributed by atoms with van der Waals surface area (Å²) in [6.07, 6.45) is 0.694. The normalized spacial score (nSPS) is 22.4. The van der Waals surface area contributed by atoms with E-state index in [0.29, 0.717) is 26.2 Å². The third kappa shape index (κ3) is 2.82. The van der Waals surface area contributed by atoms with E-state index in [1.807, 2.05) is 0 Å². The topological polar surface area (TPSA) is 73.6 Å². The Labute approximate surface area is 109 Å². The summed E-state index contributed by atoms with van der Waals surface area (Å²) in [5.41, 5.74) is -0.916. The predicted octanol–water partition coefficient (Wildman–Crippen LogP) is 1.95. The molecular formula is C12H15FN2O4. The Bertz CT molecular complexity index is 475. The number of nitrogens with one attached hydrogen (secondary N) is 1. The van der Waals surface area contributed by atoms with Gasteiger partial charge in [-0.3, -0.25) is 10.1 Å². The summed E-state index contributed by atoms with van der Waals surface area (Å²) in [4.78, 5) is 10.1. The van der Waals surface area contributed by atoms with Gasteiger partial charge < -0.3 is 14.8 Å². The van der Waals surface area contributed by atoms with Crippen LogP contribution in [0, 0.1) is 15.9 Å². The monoisotopic (exact) mass is 270 g/mol. The van der Waals surface area contributed by atoms with Crippen LogP contribution in [-0.4, -0.2) is 37.4 Å². The molecule has 0 aromatic heterocycles. The van der Waals surface area contributed by atoms with Crippen LogP contribution in [0.5, 0.6) is 0 Å². The first-order valence-electron chi connectivity index (χ1n) is 5.88. The lowest BCUT2D eigenvalue weighted by Gasteiger charge is -2.26. The number of ether oxygens (including phenoxy) is 2. The SMILES string of the molecule is COC1(CNc2cccc(F)c2[N+](=O)[O-])CCOC1. The largest absolute Gasteiger partial charge is 0.378 e. The van der Waals surface area contributed by atoms with E-state index in [-0.39, 0.29) is 5.69 Å². The average molecular weight is 270 g/mol. The maximum atomic E-state index is 13.4. The number of hydrogen-bond acceptors (Lipinski definition) is 5. The van der Waals surface area contributed by atoms with E-state index in [0.717, 1.165) is 6.07 Å². The predicted molar refractivity (Wildman–Crippen MR) is 66.7 cm³/mol. The van der Waals surface area contributed by atoms with Gasteiger partial charge in [-0.25, -0.2) is 0 Å². The van der Waals surface area contributed by atoms with Crippen LogP contribution in [-0.2, 0) is 9.47 Å². The fourth-order valence-electron chi connectivity index (χ4n) is 2.06. The van der Waals surface area contributed by atoms with Gasteiger partial charge in [0.25, 0.3) is 0 Å². The molecule has 2 rings (SSSR count). The summed E-state index contributed by atoms with van der Waals surface area (Å²) >= 11 is 0. The number of methoxy groups -OCH3 is 1. The lowest BCUT2D eigenvalue weighted by molar-refractivity contribution is -0.386. The maximum absolute atomic E-state index is 13.4. The van der Waals surface area contributed by atoms with Crippen LogP contribution in [0.1, 0.15) is 6.42 Å². The number of hydrogen-bond donors (Lipinski definition) is 1. The lowest BCUT2D eigenvalue weighted by Crippen LogP contribution is -2.39. The number of nitrogens with zero attached hydrogens (tertiary/aromatic N) is 1. The molecule has 1 N–H and O–H groups in total. The van der Waals surface area contributed by atoms with Crippen molar-refractivity contribution in [2.24, 2.45) is 0 Å². The van der Waals surface area contributed by atoms with Crippen molar-refractivity contribution >= 4 is 11.4 Å². The molecule has 1 aliphatic rings. The van der Waals surface area contributed by atoms with Crippen LogP contribution in [0.2, 0.25) is 0 Å². The Balaban J connectivity index is 2.15. The third-order valence-corrected chi connectivity index (χ3v) is 3.27. The number of nitro groups is 1. The molecule has 0 spiro atoms. The number of para-hydroxylation sites is 1. The lowest BCUT2D eigenvalue weighted by atomic mass is 10.0. The van der Waals surface area contributed by atoms with Gasteiger partial charge in [0.2, 0.25) is 5.82 Å². The molecule has 1 fully saturated rings. The molecule has 1 aromatic rings. The summed E-state index contributed by atoms with van der Waals surface area (Å²) in [7, 11) is 1.57. The summed E-state index contributed by atoms with van der Waals surface area (Å²) in [6, 6.07) is 3.96. The minimum Gasteiger partial charge on any atom is -0.378 e. The van der Waals surface area contributed by atoms with Gasteiger partial charge >= 0.3 is 5.69 Å². The van der Waals surface area contributed by atoms with Crippen molar-refractivity contribution < 1.29 is 18.8 Å². The Hall–Kier alpha value is -1.73. The Morgan fingerprint density at radius 1 is 1.63 bits per heavy atom. The van der Waals surface area contributed by atoms with Crippen LogP contribution in [0.25, 0.3) is 0 Å². The van der Waals surface area contributed by atoms with Gasteiger partial charge in [-0.15, -0.1) is 0 Å². The molecule has 1 aromatic carbocycles. The molecule has 0 aliphatic carbocycles. The van der Waals surface area contributed by atoms with E-state index in [1.54, 1.807) is 7.11 Å². The zero-order valence-electron chi connectivity index (χ0n) is 10.5. The van der Waals surface area contributed by atoms with Crippen molar-refractivity contribution in [1.82, 2.24) is 0 Å². The number of rotatable bonds is 5. The number of nitro benzene ring substituents is 1. The van der Waals surface area contributed by atoms with Gasteiger partial charge in [0.05, 0.1) is 11.5 Å². The van der Waals surface area contributed by atoms with Gasteiger partial charge in [-0.1, -0.05) is 6.07 Å². The van der Waals surface area contributed by atoms with Crippen LogP contribution in [0.4, 0.5) is 15.8 Å². The van der Waals surface area contributed by atoms with E-state index < -0.39 is 22.0 Å². The van der Waals surface area contributed by atoms with Gasteiger partial charge in [-0.2, -0.15) is 4.39 Å². The highest BCUT2D eigenvalue weighted by atomic mass is 19.1. The summed E-state index contributed by atoms with van der Waals surface area (Å²) in [5, 5.41) is 13.7. The third-order valence-electron chi connectivity index (χ3n) is 3.27. The van der Waals surface area contributed by atoms with E-state index in [9.17, 15) is 14.5 Å². The highest BCUT2D eigenvalue weighted by Gasteiger charge is 2.35. The maximum Gasteiger partial charge on any atom is 0.327 e. The van der Waals surface area contributed by atoms with Crippen molar-refractivity contribution in [2.75, 3.05) is 32.2 Å². The number of benzene rings is 1. The summed E-state index contributed by atoms with van der Waals surface area (Å²) < 4.78 is 24.1. The van der Waals surface area contributed by atoms with E-state index >= 15 is 0 Å². The smallest absolute Gasteiger partial charge is 0.327 e. The minimum absolute atomic E-state index is 0.147. The number of halogens is 1. The Morgan fingerprint density at radius 2 is 2.42 bits per heavy atom. The molecule has 1 atom stereocenters. The Kier molecular flexibility index (Phi) is 3.96. The van der Waals surface area contributed by atoms with E-state index in [2.05, 4.69) is 5.32 Å². The van der Waals surface area contributed by atoms with Gasteiger partial charge in [0, 0.05) is 26.7 Å². The Morgan fingerprint density at radius 3 is 3.00 bits per heavy atom. The van der Waals surface area contributed by atoms with Gasteiger partial charge in [0.1, 0.15) is 11.3 Å². The van der Waals surface area contributed by atoms with Crippen molar-refractivity contribution in [2.45, 2.75) is 12.0 Å². The summed E-state index contributed by atoms with van der Waals surface area (Å²) in [5.74, 6) is -0.857. The highest BCUT2D eigenvalue weighted by molar-refractivity contribution is 5.62. The minimum atomic E-state index is -0.857. The van der Waals surface area contributed by atoms with E-state index in [4.69, 9.17) is 9.47 Å². The molecule has 0 saturated carbocycles. The fourth-order valence-corrected chi connectivity index (χ4v) is 2.06. The van der Waals surface area contributed by atoms with Crippen LogP contribution >= 0.6 is 0 Å². The molecule has 104 valence electrons. The molecule has 1 unspecified atom stereocenters. The molecule has 1 aliphatic heterocycles. The quantitative estimate of drug-likeness (QED) is 0.654. The molecule has 7 heteroatoms. The first-order chi connectivity index (χ1) is 9.08. The van der Waals surface area contributed by atoms with Crippen molar-refractivity contribution in [3.63, 3.8) is 0 Å². The van der Waals surface area contributed by atoms with Crippen LogP contribution in [0.15, 0.2) is 18.2 Å². The molecule has 0 bridgehead atoms. The van der Waals surface area contributed by atoms with Crippen molar-refractivity contribution in [3.05, 3.63) is 34.1 Å². The second-order valence-electron chi connectivity index (χ2n) is 4.44. The summed E-state index contributed by atoms with van der Waals surface area (Å²) in [6.45, 7) is 1.33. The molecule has 1 saturated heterocycles. The van der Waals surface area contributed by atoms with Gasteiger partial charge in [0.15, 0.2) is 0 Å². The van der Waals surface area contributed by atoms with Crippen molar-refractivity contribution in [3.8, 4) is 0 Å². The second kappa shape index (κ2) is 5.50. The average Bonchev–Trinajstić information content (AvgIpc) is 2.85. The zero-order chi connectivity index (χ0) is 13.9. The molecular weight excluding hydrogens is 255 g/mol. The van der Waals surface area contributed by atoms with Gasteiger partial charge in [-0.05, 0) is 12.1 Å². The van der Waals surface area contributed by atoms with E-state index in [1.165, 1.54) is 12.1 Å². The first-order valence-corrected chi connectivity index (χ1v) is 5.88. The highest BCUT2D eigenvalue weighted by Crippen LogP contribution is 2.29. The molecule has 0 amide bonds. The fraction of sp³-hybridized carbons (Fsp3) is 0.500. The van der Waals surface area contributed by atoms with Crippen LogP contribution < -0.4 is 5.32 Å². The first kappa shape index (κ1) is 13.7. The molecule has 1 heterocycles. The van der Waals surface area contributed by atoms with Crippen molar-refractivity contribution in [1.29, 1.82) is 0 Å².